The third kappa shape index (κ3) is 6.55. The van der Waals surface area contributed by atoms with Crippen LogP contribution in [0.2, 0.25) is 0 Å². The highest BCUT2D eigenvalue weighted by atomic mass is 19.4. The first-order chi connectivity index (χ1) is 18.2. The third-order valence-corrected chi connectivity index (χ3v) is 4.64. The smallest absolute Gasteiger partial charge is 0.493 e. The molecule has 3 aromatic rings. The molecule has 0 saturated carbocycles. The van der Waals surface area contributed by atoms with E-state index in [1.165, 1.54) is 6.07 Å². The number of carbonyl (C=O) groups is 2. The Labute approximate surface area is 213 Å². The number of nitrogens with one attached hydrogen (secondary N) is 1. The van der Waals surface area contributed by atoms with Crippen molar-refractivity contribution >= 4 is 17.5 Å². The number of hydrogen-bond donors (Lipinski definition) is 2. The van der Waals surface area contributed by atoms with Crippen LogP contribution in [0.15, 0.2) is 36.7 Å². The summed E-state index contributed by atoms with van der Waals surface area (Å²) in [6, 6.07) is 3.46. The number of benzene rings is 1. The summed E-state index contributed by atoms with van der Waals surface area (Å²) in [6.07, 6.45) is -8.84. The van der Waals surface area contributed by atoms with E-state index in [1.54, 1.807) is 0 Å². The number of alkyl halides is 6. The molecule has 0 aliphatic heterocycles. The number of aromatic nitrogens is 2. The van der Waals surface area contributed by atoms with Gasteiger partial charge in [-0.3, -0.25) is 14.6 Å². The van der Waals surface area contributed by atoms with Gasteiger partial charge in [0, 0.05) is 11.9 Å². The zero-order chi connectivity index (χ0) is 29.1. The van der Waals surface area contributed by atoms with Gasteiger partial charge in [-0.15, -0.1) is 13.2 Å². The summed E-state index contributed by atoms with van der Waals surface area (Å²) in [5.74, 6) is -8.68. The Morgan fingerprint density at radius 3 is 2.13 bits per heavy atom. The van der Waals surface area contributed by atoms with E-state index in [9.17, 15) is 40.3 Å². The van der Waals surface area contributed by atoms with Gasteiger partial charge in [-0.05, 0) is 24.3 Å². The van der Waals surface area contributed by atoms with Gasteiger partial charge in [-0.25, -0.2) is 4.98 Å². The summed E-state index contributed by atoms with van der Waals surface area (Å²) >= 11 is 0. The molecule has 0 unspecified atom stereocenters. The fourth-order valence-corrected chi connectivity index (χ4v) is 3.12. The van der Waals surface area contributed by atoms with Crippen LogP contribution in [0, 0.1) is 5.82 Å². The fourth-order valence-electron chi connectivity index (χ4n) is 3.12. The van der Waals surface area contributed by atoms with Crippen molar-refractivity contribution in [2.45, 2.75) is 12.5 Å². The molecule has 39 heavy (non-hydrogen) atoms. The molecular weight excluding hydrogens is 549 g/mol. The van der Waals surface area contributed by atoms with Crippen LogP contribution in [0.4, 0.5) is 36.4 Å². The quantitative estimate of drug-likeness (QED) is 0.376. The SMILES string of the molecule is COc1c(Oc2cnc(C(F)(F)F)c(OC)c2C(=O)Nc2ccnc(C(N)=O)c2)ccc(OC(F)(F)F)c1F. The molecule has 0 spiro atoms. The summed E-state index contributed by atoms with van der Waals surface area (Å²) < 4.78 is 112. The second-order valence-corrected chi connectivity index (χ2v) is 7.18. The van der Waals surface area contributed by atoms with Crippen molar-refractivity contribution in [2.24, 2.45) is 5.73 Å². The Morgan fingerprint density at radius 1 is 0.923 bits per heavy atom. The lowest BCUT2D eigenvalue weighted by Crippen LogP contribution is -2.20. The summed E-state index contributed by atoms with van der Waals surface area (Å²) in [5, 5.41) is 2.22. The lowest BCUT2D eigenvalue weighted by molar-refractivity contribution is -0.275. The molecule has 0 radical (unpaired) electrons. The standard InChI is InChI=1S/C22H15F7N4O6/c1-36-16-12(4-3-11(15(16)23)39-22(27,28)29)38-13-8-32-18(21(24,25)26)17(37-2)14(13)20(35)33-9-5-6-31-10(7-9)19(30)34/h3-8H,1-2H3,(H2,30,34)(H,31,33,35). The number of rotatable bonds is 8. The molecule has 208 valence electrons. The number of carbonyl (C=O) groups excluding carboxylic acids is 2. The number of nitrogens with zero attached hydrogens (tertiary/aromatic N) is 2. The molecule has 2 heterocycles. The molecule has 1 aromatic carbocycles. The minimum Gasteiger partial charge on any atom is -0.493 e. The maximum Gasteiger partial charge on any atom is 0.573 e. The van der Waals surface area contributed by atoms with Crippen molar-refractivity contribution in [3.8, 4) is 28.7 Å². The van der Waals surface area contributed by atoms with Gasteiger partial charge >= 0.3 is 12.5 Å². The van der Waals surface area contributed by atoms with Crippen LogP contribution in [-0.2, 0) is 6.18 Å². The second kappa shape index (κ2) is 10.9. The van der Waals surface area contributed by atoms with E-state index in [-0.39, 0.29) is 11.4 Å². The van der Waals surface area contributed by atoms with Crippen molar-refractivity contribution in [3.05, 3.63) is 59.4 Å². The molecule has 10 nitrogen and oxygen atoms in total. The Balaban J connectivity index is 2.14. The third-order valence-electron chi connectivity index (χ3n) is 4.64. The molecule has 0 aliphatic carbocycles. The molecule has 0 saturated heterocycles. The van der Waals surface area contributed by atoms with Crippen molar-refractivity contribution < 1.29 is 59.3 Å². The van der Waals surface area contributed by atoms with Gasteiger partial charge in [0.2, 0.25) is 11.6 Å². The number of ether oxygens (including phenoxy) is 4. The van der Waals surface area contributed by atoms with E-state index < -0.39 is 70.2 Å². The average Bonchev–Trinajstić information content (AvgIpc) is 2.84. The molecule has 17 heteroatoms. The normalized spacial score (nSPS) is 11.5. The fraction of sp³-hybridized carbons (Fsp3) is 0.182. The second-order valence-electron chi connectivity index (χ2n) is 7.18. The minimum absolute atomic E-state index is 0.126. The van der Waals surface area contributed by atoms with Crippen LogP contribution in [0.25, 0.3) is 0 Å². The predicted octanol–water partition coefficient (Wildman–Crippen LogP) is 4.69. The molecular formula is C22H15F7N4O6. The molecule has 0 aliphatic rings. The number of anilines is 1. The molecule has 3 N–H and O–H groups in total. The molecule has 2 amide bonds. The van der Waals surface area contributed by atoms with Crippen LogP contribution in [-0.4, -0.2) is 42.4 Å². The summed E-state index contributed by atoms with van der Waals surface area (Å²) in [4.78, 5) is 31.4. The maximum atomic E-state index is 14.6. The van der Waals surface area contributed by atoms with Crippen molar-refractivity contribution in [1.29, 1.82) is 0 Å². The van der Waals surface area contributed by atoms with E-state index in [0.29, 0.717) is 12.3 Å². The molecule has 0 bridgehead atoms. The topological polar surface area (TPSA) is 135 Å². The van der Waals surface area contributed by atoms with Gasteiger partial charge in [-0.1, -0.05) is 0 Å². The maximum absolute atomic E-state index is 14.6. The lowest BCUT2D eigenvalue weighted by atomic mass is 10.1. The first-order valence-electron chi connectivity index (χ1n) is 10.2. The predicted molar refractivity (Wildman–Crippen MR) is 116 cm³/mol. The number of amides is 2. The number of nitrogens with two attached hydrogens (primary N) is 1. The first kappa shape index (κ1) is 28.7. The molecule has 0 fully saturated rings. The summed E-state index contributed by atoms with van der Waals surface area (Å²) in [5.41, 5.74) is 2.17. The summed E-state index contributed by atoms with van der Waals surface area (Å²) in [6.45, 7) is 0. The van der Waals surface area contributed by atoms with Crippen molar-refractivity contribution in [3.63, 3.8) is 0 Å². The van der Waals surface area contributed by atoms with Crippen LogP contribution in [0.3, 0.4) is 0 Å². The van der Waals surface area contributed by atoms with Crippen LogP contribution in [0.5, 0.6) is 28.7 Å². The number of pyridine rings is 2. The zero-order valence-corrected chi connectivity index (χ0v) is 19.5. The Morgan fingerprint density at radius 2 is 1.56 bits per heavy atom. The van der Waals surface area contributed by atoms with E-state index in [2.05, 4.69) is 20.0 Å². The molecule has 3 rings (SSSR count). The molecule has 0 atom stereocenters. The highest BCUT2D eigenvalue weighted by Crippen LogP contribution is 2.44. The lowest BCUT2D eigenvalue weighted by Gasteiger charge is -2.19. The van der Waals surface area contributed by atoms with Gasteiger partial charge in [-0.2, -0.15) is 17.6 Å². The monoisotopic (exact) mass is 564 g/mol. The van der Waals surface area contributed by atoms with Crippen molar-refractivity contribution in [2.75, 3.05) is 19.5 Å². The number of methoxy groups -OCH3 is 2. The number of primary amides is 1. The number of halogens is 7. The highest BCUT2D eigenvalue weighted by Gasteiger charge is 2.40. The van der Waals surface area contributed by atoms with Crippen molar-refractivity contribution in [1.82, 2.24) is 9.97 Å². The Bertz CT molecular complexity index is 1410. The number of hydrogen-bond acceptors (Lipinski definition) is 8. The Hall–Kier alpha value is -4.83. The average molecular weight is 564 g/mol. The van der Waals surface area contributed by atoms with Crippen LogP contribution < -0.4 is 30.0 Å². The molecule has 2 aromatic heterocycles. The van der Waals surface area contributed by atoms with Gasteiger partial charge in [0.1, 0.15) is 11.3 Å². The van der Waals surface area contributed by atoms with Gasteiger partial charge in [0.25, 0.3) is 11.8 Å². The summed E-state index contributed by atoms with van der Waals surface area (Å²) in [7, 11) is 1.66. The van der Waals surface area contributed by atoms with Gasteiger partial charge < -0.3 is 30.0 Å². The van der Waals surface area contributed by atoms with Crippen LogP contribution >= 0.6 is 0 Å². The Kier molecular flexibility index (Phi) is 8.02. The van der Waals surface area contributed by atoms with E-state index >= 15 is 0 Å². The van der Waals surface area contributed by atoms with Gasteiger partial charge in [0.05, 0.1) is 20.4 Å². The minimum atomic E-state index is -5.26. The van der Waals surface area contributed by atoms with Crippen LogP contribution in [0.1, 0.15) is 26.5 Å². The van der Waals surface area contributed by atoms with Gasteiger partial charge in [0.15, 0.2) is 28.7 Å². The largest absolute Gasteiger partial charge is 0.573 e. The van der Waals surface area contributed by atoms with E-state index in [4.69, 9.17) is 19.9 Å². The van der Waals surface area contributed by atoms with E-state index in [0.717, 1.165) is 32.5 Å². The van der Waals surface area contributed by atoms with E-state index in [1.807, 2.05) is 0 Å². The first-order valence-corrected chi connectivity index (χ1v) is 10.2. The zero-order valence-electron chi connectivity index (χ0n) is 19.5. The highest BCUT2D eigenvalue weighted by molar-refractivity contribution is 6.08.